The Balaban J connectivity index is 1.59. The van der Waals surface area contributed by atoms with Gasteiger partial charge in [-0.3, -0.25) is 4.40 Å². The molecular weight excluding hydrogens is 314 g/mol. The van der Waals surface area contributed by atoms with Gasteiger partial charge in [-0.05, 0) is 70.9 Å². The Labute approximate surface area is 149 Å². The number of fused-ring (bicyclic) bond motifs is 1. The van der Waals surface area contributed by atoms with Crippen LogP contribution in [-0.2, 0) is 0 Å². The molecule has 6 nitrogen and oxygen atoms in total. The van der Waals surface area contributed by atoms with Gasteiger partial charge in [-0.25, -0.2) is 0 Å². The lowest BCUT2D eigenvalue weighted by molar-refractivity contribution is 0.146. The number of anilines is 1. The molecule has 1 aliphatic carbocycles. The van der Waals surface area contributed by atoms with E-state index in [1.807, 2.05) is 18.3 Å². The zero-order valence-electron chi connectivity index (χ0n) is 15.3. The summed E-state index contributed by atoms with van der Waals surface area (Å²) in [4.78, 5) is 2.41. The lowest BCUT2D eigenvalue weighted by Gasteiger charge is -2.39. The summed E-state index contributed by atoms with van der Waals surface area (Å²) in [6.45, 7) is 4.56. The topological polar surface area (TPSA) is 68.7 Å². The van der Waals surface area contributed by atoms with Crippen LogP contribution in [0, 0.1) is 0 Å². The van der Waals surface area contributed by atoms with Crippen LogP contribution < -0.4 is 15.4 Å². The van der Waals surface area contributed by atoms with Crippen molar-refractivity contribution in [3.8, 4) is 5.75 Å². The number of ether oxygens (including phenoxy) is 1. The Morgan fingerprint density at radius 2 is 1.72 bits per heavy atom. The molecule has 1 aliphatic heterocycles. The van der Waals surface area contributed by atoms with Crippen LogP contribution in [-0.4, -0.2) is 38.8 Å². The Hall–Kier alpha value is -1.82. The Kier molecular flexibility index (Phi) is 4.54. The predicted octanol–water partition coefficient (Wildman–Crippen LogP) is 3.15. The molecule has 2 N–H and O–H groups in total. The highest BCUT2D eigenvalue weighted by Gasteiger charge is 2.28. The van der Waals surface area contributed by atoms with Crippen LogP contribution in [0.3, 0.4) is 0 Å². The molecule has 0 amide bonds. The average molecular weight is 343 g/mol. The lowest BCUT2D eigenvalue weighted by Crippen LogP contribution is -2.44. The van der Waals surface area contributed by atoms with Gasteiger partial charge in [0.15, 0.2) is 5.65 Å². The predicted molar refractivity (Wildman–Crippen MR) is 99.1 cm³/mol. The molecule has 3 heterocycles. The third-order valence-corrected chi connectivity index (χ3v) is 5.80. The van der Waals surface area contributed by atoms with Gasteiger partial charge in [-0.2, -0.15) is 0 Å². The molecule has 2 aliphatic rings. The fourth-order valence-electron chi connectivity index (χ4n) is 4.32. The molecule has 0 bridgehead atoms. The van der Waals surface area contributed by atoms with Crippen molar-refractivity contribution in [2.45, 2.75) is 83.0 Å². The highest BCUT2D eigenvalue weighted by molar-refractivity contribution is 5.50. The van der Waals surface area contributed by atoms with Crippen LogP contribution in [0.5, 0.6) is 5.75 Å². The lowest BCUT2D eigenvalue weighted by atomic mass is 9.94. The number of nitrogens with zero attached hydrogens (tertiary/aromatic N) is 4. The number of rotatable bonds is 3. The smallest absolute Gasteiger partial charge is 0.232 e. The minimum atomic E-state index is 0.269. The van der Waals surface area contributed by atoms with E-state index in [1.165, 1.54) is 19.3 Å². The van der Waals surface area contributed by atoms with Crippen LogP contribution in [0.15, 0.2) is 18.3 Å². The molecule has 2 unspecified atom stereocenters. The normalized spacial score (nSPS) is 30.6. The van der Waals surface area contributed by atoms with Crippen molar-refractivity contribution in [2.75, 3.05) is 4.90 Å². The first-order valence-electron chi connectivity index (χ1n) is 9.67. The van der Waals surface area contributed by atoms with Gasteiger partial charge in [-0.15, -0.1) is 10.2 Å². The first kappa shape index (κ1) is 16.6. The number of hydrogen-bond acceptors (Lipinski definition) is 5. The number of pyridine rings is 1. The van der Waals surface area contributed by atoms with Gasteiger partial charge in [0.2, 0.25) is 5.95 Å². The quantitative estimate of drug-likeness (QED) is 0.927. The molecule has 1 saturated heterocycles. The van der Waals surface area contributed by atoms with Gasteiger partial charge in [0.1, 0.15) is 5.75 Å². The van der Waals surface area contributed by atoms with Gasteiger partial charge >= 0.3 is 0 Å². The second-order valence-electron chi connectivity index (χ2n) is 7.78. The van der Waals surface area contributed by atoms with Crippen LogP contribution in [0.4, 0.5) is 5.95 Å². The van der Waals surface area contributed by atoms with Crippen molar-refractivity contribution in [3.05, 3.63) is 18.3 Å². The van der Waals surface area contributed by atoms with Crippen LogP contribution in [0.2, 0.25) is 0 Å². The molecule has 0 aromatic carbocycles. The fourth-order valence-corrected chi connectivity index (χ4v) is 4.32. The summed E-state index contributed by atoms with van der Waals surface area (Å²) in [7, 11) is 0. The Morgan fingerprint density at radius 1 is 1.00 bits per heavy atom. The highest BCUT2D eigenvalue weighted by Crippen LogP contribution is 2.29. The number of aromatic nitrogens is 3. The third-order valence-electron chi connectivity index (χ3n) is 5.80. The number of nitrogens with two attached hydrogens (primary N) is 1. The average Bonchev–Trinajstić information content (AvgIpc) is 3.00. The maximum Gasteiger partial charge on any atom is 0.232 e. The maximum absolute atomic E-state index is 6.23. The summed E-state index contributed by atoms with van der Waals surface area (Å²) >= 11 is 0. The van der Waals surface area contributed by atoms with Crippen LogP contribution in [0.25, 0.3) is 5.65 Å². The van der Waals surface area contributed by atoms with Crippen molar-refractivity contribution in [2.24, 2.45) is 5.73 Å². The van der Waals surface area contributed by atoms with Crippen molar-refractivity contribution in [1.82, 2.24) is 14.6 Å². The summed E-state index contributed by atoms with van der Waals surface area (Å²) in [6.07, 6.45) is 10.2. The minimum absolute atomic E-state index is 0.269. The summed E-state index contributed by atoms with van der Waals surface area (Å²) in [5, 5.41) is 8.84. The molecule has 2 fully saturated rings. The molecule has 25 heavy (non-hydrogen) atoms. The third kappa shape index (κ3) is 3.32. The van der Waals surface area contributed by atoms with E-state index < -0.39 is 0 Å². The van der Waals surface area contributed by atoms with Crippen LogP contribution in [0.1, 0.15) is 58.8 Å². The van der Waals surface area contributed by atoms with Gasteiger partial charge in [0.05, 0.1) is 12.3 Å². The molecule has 2 atom stereocenters. The fraction of sp³-hybridized carbons (Fsp3) is 0.684. The molecular formula is C19H29N5O. The molecule has 0 radical (unpaired) electrons. The minimum Gasteiger partial charge on any atom is -0.489 e. The SMILES string of the molecule is CC1CCCC(C)N1c1nnc2ccc(OC3CCC(N)CC3)cn12. The zero-order chi connectivity index (χ0) is 17.4. The van der Waals surface area contributed by atoms with E-state index in [2.05, 4.69) is 33.3 Å². The van der Waals surface area contributed by atoms with Crippen molar-refractivity contribution in [1.29, 1.82) is 0 Å². The van der Waals surface area contributed by atoms with E-state index in [1.54, 1.807) is 0 Å². The second kappa shape index (κ2) is 6.83. The van der Waals surface area contributed by atoms with E-state index in [9.17, 15) is 0 Å². The number of hydrogen-bond donors (Lipinski definition) is 1. The summed E-state index contributed by atoms with van der Waals surface area (Å²) in [5.41, 5.74) is 6.87. The summed E-state index contributed by atoms with van der Waals surface area (Å²) < 4.78 is 8.31. The van der Waals surface area contributed by atoms with Crippen molar-refractivity contribution < 1.29 is 4.74 Å². The standard InChI is InChI=1S/C19H29N5O/c1-13-4-3-5-14(2)24(13)19-22-21-18-11-10-17(12-23(18)19)25-16-8-6-15(20)7-9-16/h10-16H,3-9,20H2,1-2H3. The van der Waals surface area contributed by atoms with Crippen molar-refractivity contribution in [3.63, 3.8) is 0 Å². The molecule has 4 rings (SSSR count). The summed E-state index contributed by atoms with van der Waals surface area (Å²) in [5.74, 6) is 1.83. The Morgan fingerprint density at radius 3 is 2.44 bits per heavy atom. The highest BCUT2D eigenvalue weighted by atomic mass is 16.5. The van der Waals surface area contributed by atoms with Gasteiger partial charge < -0.3 is 15.4 Å². The molecule has 0 spiro atoms. The monoisotopic (exact) mass is 343 g/mol. The largest absolute Gasteiger partial charge is 0.489 e. The van der Waals surface area contributed by atoms with E-state index in [4.69, 9.17) is 10.5 Å². The molecule has 1 saturated carbocycles. The van der Waals surface area contributed by atoms with Crippen molar-refractivity contribution >= 4 is 11.6 Å². The van der Waals surface area contributed by atoms with Gasteiger partial charge in [0.25, 0.3) is 0 Å². The van der Waals surface area contributed by atoms with Gasteiger partial charge in [0, 0.05) is 18.1 Å². The molecule has 6 heteroatoms. The maximum atomic E-state index is 6.23. The Bertz CT molecular complexity index is 712. The molecule has 2 aromatic rings. The molecule has 136 valence electrons. The van der Waals surface area contributed by atoms with E-state index in [0.717, 1.165) is 43.0 Å². The van der Waals surface area contributed by atoms with E-state index in [0.29, 0.717) is 18.1 Å². The summed E-state index contributed by atoms with van der Waals surface area (Å²) in [6, 6.07) is 5.32. The molecule has 2 aromatic heterocycles. The first-order chi connectivity index (χ1) is 12.1. The first-order valence-corrected chi connectivity index (χ1v) is 9.67. The van der Waals surface area contributed by atoms with Crippen LogP contribution >= 0.6 is 0 Å². The van der Waals surface area contributed by atoms with Gasteiger partial charge in [-0.1, -0.05) is 0 Å². The van der Waals surface area contributed by atoms with E-state index >= 15 is 0 Å². The van der Waals surface area contributed by atoms with E-state index in [-0.39, 0.29) is 6.10 Å². The zero-order valence-corrected chi connectivity index (χ0v) is 15.3. The number of piperidine rings is 1. The second-order valence-corrected chi connectivity index (χ2v) is 7.78.